The normalized spacial score (nSPS) is 24.1. The fourth-order valence-corrected chi connectivity index (χ4v) is 6.99. The van der Waals surface area contributed by atoms with E-state index in [-0.39, 0.29) is 5.25 Å². The summed E-state index contributed by atoms with van der Waals surface area (Å²) in [4.78, 5) is 13.8. The summed E-state index contributed by atoms with van der Waals surface area (Å²) in [5.74, 6) is 0.364. The van der Waals surface area contributed by atoms with E-state index in [4.69, 9.17) is 9.98 Å². The van der Waals surface area contributed by atoms with E-state index in [0.717, 1.165) is 22.8 Å². The van der Waals surface area contributed by atoms with Crippen LogP contribution in [0.3, 0.4) is 0 Å². The number of hydrogen-bond donors (Lipinski definition) is 0. The lowest BCUT2D eigenvalue weighted by atomic mass is 9.89. The van der Waals surface area contributed by atoms with Gasteiger partial charge in [0.15, 0.2) is 0 Å². The minimum absolute atomic E-state index is 0.264. The van der Waals surface area contributed by atoms with E-state index >= 15 is 0 Å². The zero-order chi connectivity index (χ0) is 19.7. The molecule has 0 radical (unpaired) electrons. The van der Waals surface area contributed by atoms with E-state index in [9.17, 15) is 0 Å². The van der Waals surface area contributed by atoms with Gasteiger partial charge in [-0.15, -0.1) is 11.8 Å². The summed E-state index contributed by atoms with van der Waals surface area (Å²) in [7, 11) is 0. The molecule has 0 bridgehead atoms. The highest BCUT2D eigenvalue weighted by molar-refractivity contribution is 8.04. The number of allylic oxidation sites excluding steroid dienone is 9. The molecule has 0 amide bonds. The van der Waals surface area contributed by atoms with Crippen LogP contribution in [0.1, 0.15) is 16.4 Å². The zero-order valence-electron chi connectivity index (χ0n) is 15.9. The first-order valence-corrected chi connectivity index (χ1v) is 11.8. The van der Waals surface area contributed by atoms with Gasteiger partial charge < -0.3 is 0 Å². The highest BCUT2D eigenvalue weighted by Gasteiger charge is 2.31. The first-order valence-electron chi connectivity index (χ1n) is 10.1. The molecule has 30 heavy (non-hydrogen) atoms. The van der Waals surface area contributed by atoms with Crippen LogP contribution in [0.5, 0.6) is 0 Å². The van der Waals surface area contributed by atoms with E-state index in [1.807, 2.05) is 23.5 Å². The predicted octanol–water partition coefficient (Wildman–Crippen LogP) is 7.38. The van der Waals surface area contributed by atoms with E-state index in [1.54, 1.807) is 0 Å². The molecule has 2 unspecified atom stereocenters. The third kappa shape index (κ3) is 2.47. The maximum atomic E-state index is 5.02. The standard InChI is InChI=1S/C26H16N2S2/c1-3-7-17-15(5-1)9-11-19-25(17)29-23-14-24-22(13-21(23)27-19)28-20-12-10-16-6-2-4-8-18(16)26(20)30-24/h1-15,26H. The highest BCUT2D eigenvalue weighted by atomic mass is 32.2. The third-order valence-electron chi connectivity index (χ3n) is 5.99. The first kappa shape index (κ1) is 16.9. The molecule has 3 aliphatic carbocycles. The number of benzene rings is 2. The quantitative estimate of drug-likeness (QED) is 0.444. The average molecular weight is 421 g/mol. The van der Waals surface area contributed by atoms with Gasteiger partial charge in [0.05, 0.1) is 28.0 Å². The molecule has 0 saturated carbocycles. The summed E-state index contributed by atoms with van der Waals surface area (Å²) < 4.78 is 0. The third-order valence-corrected chi connectivity index (χ3v) is 8.50. The molecule has 7 rings (SSSR count). The van der Waals surface area contributed by atoms with Crippen LogP contribution in [-0.2, 0) is 0 Å². The lowest BCUT2D eigenvalue weighted by Crippen LogP contribution is -2.15. The lowest BCUT2D eigenvalue weighted by molar-refractivity contribution is 0.985. The number of aliphatic imine (C=N–C) groups is 2. The van der Waals surface area contributed by atoms with Gasteiger partial charge >= 0.3 is 0 Å². The molecule has 2 atom stereocenters. The van der Waals surface area contributed by atoms with Gasteiger partial charge in [0.1, 0.15) is 0 Å². The second-order valence-electron chi connectivity index (χ2n) is 7.80. The van der Waals surface area contributed by atoms with Crippen LogP contribution >= 0.6 is 23.5 Å². The van der Waals surface area contributed by atoms with Crippen molar-refractivity contribution in [2.75, 3.05) is 0 Å². The van der Waals surface area contributed by atoms with Crippen molar-refractivity contribution in [3.05, 3.63) is 101 Å². The molecule has 0 N–H and O–H groups in total. The molecular formula is C26H16N2S2. The second-order valence-corrected chi connectivity index (χ2v) is 10.00. The lowest BCUT2D eigenvalue weighted by Gasteiger charge is -2.29. The molecule has 2 nitrogen and oxygen atoms in total. The number of fused-ring (bicyclic) bond motifs is 7. The maximum Gasteiger partial charge on any atom is 0.0799 e. The van der Waals surface area contributed by atoms with Crippen molar-refractivity contribution < 1.29 is 0 Å². The Kier molecular flexibility index (Phi) is 3.57. The van der Waals surface area contributed by atoms with E-state index in [0.29, 0.717) is 5.92 Å². The number of hydrogen-bond acceptors (Lipinski definition) is 4. The molecule has 5 aliphatic rings. The summed E-state index contributed by atoms with van der Waals surface area (Å²) in [6.07, 6.45) is 17.5. The predicted molar refractivity (Wildman–Crippen MR) is 128 cm³/mol. The summed E-state index contributed by atoms with van der Waals surface area (Å²) in [5, 5.41) is 0.264. The Bertz CT molecular complexity index is 1350. The fourth-order valence-electron chi connectivity index (χ4n) is 4.51. The Labute approximate surface area is 183 Å². The topological polar surface area (TPSA) is 24.7 Å². The second kappa shape index (κ2) is 6.34. The summed E-state index contributed by atoms with van der Waals surface area (Å²) >= 11 is 3.76. The van der Waals surface area contributed by atoms with Crippen molar-refractivity contribution in [3.63, 3.8) is 0 Å². The molecule has 2 aromatic rings. The van der Waals surface area contributed by atoms with Crippen molar-refractivity contribution in [1.82, 2.24) is 0 Å². The smallest absolute Gasteiger partial charge is 0.0799 e. The van der Waals surface area contributed by atoms with Gasteiger partial charge in [-0.25, -0.2) is 4.99 Å². The molecule has 2 aliphatic heterocycles. The van der Waals surface area contributed by atoms with Crippen molar-refractivity contribution in [1.29, 1.82) is 0 Å². The van der Waals surface area contributed by atoms with Crippen molar-refractivity contribution in [2.24, 2.45) is 15.9 Å². The van der Waals surface area contributed by atoms with Gasteiger partial charge in [-0.3, -0.25) is 4.99 Å². The van der Waals surface area contributed by atoms with Gasteiger partial charge in [-0.05, 0) is 41.0 Å². The molecular weight excluding hydrogens is 404 g/mol. The SMILES string of the molecule is C1=CC2=C3Sc4cc5c(cc4N=C3C=CC2C=C1)N=C1C=Cc2ccccc2C1S5. The van der Waals surface area contributed by atoms with Crippen LogP contribution in [0.4, 0.5) is 11.4 Å². The molecule has 0 fully saturated rings. The minimum Gasteiger partial charge on any atom is -0.251 e. The van der Waals surface area contributed by atoms with Gasteiger partial charge in [0.25, 0.3) is 0 Å². The van der Waals surface area contributed by atoms with E-state index in [2.05, 4.69) is 85.0 Å². The fraction of sp³-hybridized carbons (Fsp3) is 0.0769. The molecule has 0 saturated heterocycles. The Morgan fingerprint density at radius 1 is 0.800 bits per heavy atom. The van der Waals surface area contributed by atoms with Gasteiger partial charge in [0, 0.05) is 20.6 Å². The van der Waals surface area contributed by atoms with Crippen molar-refractivity contribution in [2.45, 2.75) is 15.0 Å². The molecule has 2 heterocycles. The van der Waals surface area contributed by atoms with Crippen LogP contribution in [-0.4, -0.2) is 11.4 Å². The zero-order valence-corrected chi connectivity index (χ0v) is 17.6. The molecule has 0 aromatic heterocycles. The average Bonchev–Trinajstić information content (AvgIpc) is 2.80. The number of thioether (sulfide) groups is 2. The van der Waals surface area contributed by atoms with Gasteiger partial charge in [-0.2, -0.15) is 0 Å². The van der Waals surface area contributed by atoms with Crippen LogP contribution in [0.25, 0.3) is 6.08 Å². The Morgan fingerprint density at radius 3 is 2.73 bits per heavy atom. The largest absolute Gasteiger partial charge is 0.251 e. The van der Waals surface area contributed by atoms with E-state index < -0.39 is 0 Å². The summed E-state index contributed by atoms with van der Waals surface area (Å²) in [6, 6.07) is 13.1. The minimum atomic E-state index is 0.264. The first-order chi connectivity index (χ1) is 14.8. The Hall–Kier alpha value is -2.82. The van der Waals surface area contributed by atoms with Crippen LogP contribution in [0, 0.1) is 5.92 Å². The van der Waals surface area contributed by atoms with Crippen LogP contribution in [0.2, 0.25) is 0 Å². The van der Waals surface area contributed by atoms with Crippen molar-refractivity contribution in [3.8, 4) is 0 Å². The van der Waals surface area contributed by atoms with Gasteiger partial charge in [0.2, 0.25) is 0 Å². The maximum absolute atomic E-state index is 5.02. The Morgan fingerprint density at radius 2 is 1.73 bits per heavy atom. The molecule has 2 aromatic carbocycles. The van der Waals surface area contributed by atoms with Crippen LogP contribution in [0.15, 0.2) is 109 Å². The summed E-state index contributed by atoms with van der Waals surface area (Å²) in [5.41, 5.74) is 8.26. The highest BCUT2D eigenvalue weighted by Crippen LogP contribution is 2.53. The number of nitrogens with zero attached hydrogens (tertiary/aromatic N) is 2. The van der Waals surface area contributed by atoms with Gasteiger partial charge in [-0.1, -0.05) is 72.5 Å². The monoisotopic (exact) mass is 420 g/mol. The molecule has 0 spiro atoms. The van der Waals surface area contributed by atoms with E-state index in [1.165, 1.54) is 31.4 Å². The Balaban J connectivity index is 1.34. The van der Waals surface area contributed by atoms with Crippen LogP contribution < -0.4 is 0 Å². The number of rotatable bonds is 0. The van der Waals surface area contributed by atoms with Crippen molar-refractivity contribution >= 4 is 52.4 Å². The molecule has 4 heteroatoms. The summed E-state index contributed by atoms with van der Waals surface area (Å²) in [6.45, 7) is 0. The molecule has 142 valence electrons.